The summed E-state index contributed by atoms with van der Waals surface area (Å²) in [5.74, 6) is 0. The van der Waals surface area contributed by atoms with Gasteiger partial charge in [-0.05, 0) is 36.5 Å². The minimum Gasteiger partial charge on any atom is -0.368 e. The van der Waals surface area contributed by atoms with E-state index >= 15 is 0 Å². The van der Waals surface area contributed by atoms with Gasteiger partial charge >= 0.3 is 6.03 Å². The fourth-order valence-electron chi connectivity index (χ4n) is 2.74. The topological polar surface area (TPSA) is 35.6 Å². The van der Waals surface area contributed by atoms with Gasteiger partial charge in [0.15, 0.2) is 0 Å². The molecule has 4 nitrogen and oxygen atoms in total. The lowest BCUT2D eigenvalue weighted by atomic mass is 9.87. The molecule has 1 atom stereocenters. The maximum Gasteiger partial charge on any atom is 0.317 e. The molecule has 4 heteroatoms. The van der Waals surface area contributed by atoms with Crippen molar-refractivity contribution < 1.29 is 4.79 Å². The van der Waals surface area contributed by atoms with E-state index in [4.69, 9.17) is 0 Å². The summed E-state index contributed by atoms with van der Waals surface area (Å²) in [5, 5.41) is 3.05. The van der Waals surface area contributed by atoms with E-state index in [-0.39, 0.29) is 17.5 Å². The van der Waals surface area contributed by atoms with Crippen LogP contribution in [0.4, 0.5) is 10.5 Å². The standard InChI is InChI=1S/C19H31N3O/c1-6-15(2)20-18(23)22-13-11-21(12-14-22)17-9-7-16(8-10-17)19(3,4)5/h7-10,15H,6,11-14H2,1-5H3,(H,20,23). The number of benzene rings is 1. The van der Waals surface area contributed by atoms with Crippen LogP contribution in [-0.2, 0) is 5.41 Å². The first kappa shape index (κ1) is 17.6. The number of hydrogen-bond donors (Lipinski definition) is 1. The third kappa shape index (κ3) is 4.63. The zero-order chi connectivity index (χ0) is 17.0. The average molecular weight is 317 g/mol. The van der Waals surface area contributed by atoms with E-state index in [9.17, 15) is 4.79 Å². The predicted octanol–water partition coefficient (Wildman–Crippen LogP) is 3.61. The molecule has 1 aliphatic rings. The highest BCUT2D eigenvalue weighted by molar-refractivity contribution is 5.74. The van der Waals surface area contributed by atoms with Crippen LogP contribution in [0.15, 0.2) is 24.3 Å². The first-order valence-electron chi connectivity index (χ1n) is 8.72. The van der Waals surface area contributed by atoms with Crippen molar-refractivity contribution in [3.8, 4) is 0 Å². The quantitative estimate of drug-likeness (QED) is 0.924. The van der Waals surface area contributed by atoms with Crippen LogP contribution in [0, 0.1) is 0 Å². The predicted molar refractivity (Wildman–Crippen MR) is 97.2 cm³/mol. The number of piperazine rings is 1. The van der Waals surface area contributed by atoms with Gasteiger partial charge < -0.3 is 15.1 Å². The van der Waals surface area contributed by atoms with Gasteiger partial charge in [-0.25, -0.2) is 4.79 Å². The lowest BCUT2D eigenvalue weighted by molar-refractivity contribution is 0.191. The summed E-state index contributed by atoms with van der Waals surface area (Å²) in [7, 11) is 0. The third-order valence-corrected chi connectivity index (χ3v) is 4.65. The molecule has 2 amide bonds. The van der Waals surface area contributed by atoms with Crippen LogP contribution in [-0.4, -0.2) is 43.2 Å². The Morgan fingerprint density at radius 2 is 1.70 bits per heavy atom. The highest BCUT2D eigenvalue weighted by atomic mass is 16.2. The van der Waals surface area contributed by atoms with Gasteiger partial charge in [0.2, 0.25) is 0 Å². The van der Waals surface area contributed by atoms with Crippen molar-refractivity contribution in [2.45, 2.75) is 52.5 Å². The van der Waals surface area contributed by atoms with Crippen molar-refractivity contribution in [2.24, 2.45) is 0 Å². The van der Waals surface area contributed by atoms with E-state index in [0.29, 0.717) is 0 Å². The number of rotatable bonds is 3. The monoisotopic (exact) mass is 317 g/mol. The summed E-state index contributed by atoms with van der Waals surface area (Å²) in [6, 6.07) is 9.16. The van der Waals surface area contributed by atoms with E-state index in [1.165, 1.54) is 11.3 Å². The number of anilines is 1. The Kier molecular flexibility index (Phi) is 5.55. The Labute approximate surface area is 140 Å². The average Bonchev–Trinajstić information content (AvgIpc) is 2.54. The van der Waals surface area contributed by atoms with Gasteiger partial charge in [0.1, 0.15) is 0 Å². The second-order valence-electron chi connectivity index (χ2n) is 7.53. The van der Waals surface area contributed by atoms with E-state index in [0.717, 1.165) is 32.6 Å². The largest absolute Gasteiger partial charge is 0.368 e. The summed E-state index contributed by atoms with van der Waals surface area (Å²) >= 11 is 0. The highest BCUT2D eigenvalue weighted by Crippen LogP contribution is 2.25. The van der Waals surface area contributed by atoms with Gasteiger partial charge in [-0.15, -0.1) is 0 Å². The van der Waals surface area contributed by atoms with Crippen LogP contribution in [0.3, 0.4) is 0 Å². The van der Waals surface area contributed by atoms with Crippen molar-refractivity contribution in [1.29, 1.82) is 0 Å². The number of nitrogens with zero attached hydrogens (tertiary/aromatic N) is 2. The molecule has 2 rings (SSSR count). The van der Waals surface area contributed by atoms with Gasteiger partial charge in [-0.1, -0.05) is 39.8 Å². The molecule has 0 bridgehead atoms. The van der Waals surface area contributed by atoms with Crippen LogP contribution in [0.1, 0.15) is 46.6 Å². The lowest BCUT2D eigenvalue weighted by Crippen LogP contribution is -2.53. The first-order chi connectivity index (χ1) is 10.8. The molecular formula is C19H31N3O. The SMILES string of the molecule is CCC(C)NC(=O)N1CCN(c2ccc(C(C)(C)C)cc2)CC1. The van der Waals surface area contributed by atoms with Crippen molar-refractivity contribution in [1.82, 2.24) is 10.2 Å². The molecule has 1 aromatic carbocycles. The lowest BCUT2D eigenvalue weighted by Gasteiger charge is -2.36. The van der Waals surface area contributed by atoms with Gasteiger partial charge in [-0.3, -0.25) is 0 Å². The molecule has 128 valence electrons. The van der Waals surface area contributed by atoms with Crippen LogP contribution >= 0.6 is 0 Å². The summed E-state index contributed by atoms with van der Waals surface area (Å²) in [5.41, 5.74) is 2.79. The second kappa shape index (κ2) is 7.24. The maximum absolute atomic E-state index is 12.2. The Hall–Kier alpha value is -1.71. The first-order valence-corrected chi connectivity index (χ1v) is 8.72. The molecule has 0 saturated carbocycles. The summed E-state index contributed by atoms with van der Waals surface area (Å²) in [6.07, 6.45) is 0.964. The number of hydrogen-bond acceptors (Lipinski definition) is 2. The molecule has 0 aromatic heterocycles. The molecule has 1 heterocycles. The van der Waals surface area contributed by atoms with Crippen molar-refractivity contribution >= 4 is 11.7 Å². The molecule has 0 spiro atoms. The molecular weight excluding hydrogens is 286 g/mol. The van der Waals surface area contributed by atoms with E-state index in [1.54, 1.807) is 0 Å². The maximum atomic E-state index is 12.2. The zero-order valence-electron chi connectivity index (χ0n) is 15.2. The van der Waals surface area contributed by atoms with Gasteiger partial charge in [0.05, 0.1) is 0 Å². The molecule has 1 aliphatic heterocycles. The molecule has 0 radical (unpaired) electrons. The number of amides is 2. The van der Waals surface area contributed by atoms with Crippen LogP contribution in [0.25, 0.3) is 0 Å². The highest BCUT2D eigenvalue weighted by Gasteiger charge is 2.22. The van der Waals surface area contributed by atoms with Crippen molar-refractivity contribution in [2.75, 3.05) is 31.1 Å². The van der Waals surface area contributed by atoms with Crippen LogP contribution in [0.2, 0.25) is 0 Å². The number of carbonyl (C=O) groups is 1. The Morgan fingerprint density at radius 3 is 2.17 bits per heavy atom. The molecule has 1 unspecified atom stereocenters. The Morgan fingerprint density at radius 1 is 1.13 bits per heavy atom. The summed E-state index contributed by atoms with van der Waals surface area (Å²) in [4.78, 5) is 16.4. The number of urea groups is 1. The summed E-state index contributed by atoms with van der Waals surface area (Å²) < 4.78 is 0. The van der Waals surface area contributed by atoms with E-state index in [2.05, 4.69) is 62.2 Å². The van der Waals surface area contributed by atoms with Gasteiger partial charge in [0, 0.05) is 37.9 Å². The smallest absolute Gasteiger partial charge is 0.317 e. The molecule has 1 saturated heterocycles. The fourth-order valence-corrected chi connectivity index (χ4v) is 2.74. The molecule has 23 heavy (non-hydrogen) atoms. The van der Waals surface area contributed by atoms with E-state index < -0.39 is 0 Å². The normalized spacial score (nSPS) is 17.1. The Bertz CT molecular complexity index is 510. The minimum absolute atomic E-state index is 0.0714. The number of carbonyl (C=O) groups excluding carboxylic acids is 1. The minimum atomic E-state index is 0.0714. The van der Waals surface area contributed by atoms with Gasteiger partial charge in [-0.2, -0.15) is 0 Å². The van der Waals surface area contributed by atoms with Crippen molar-refractivity contribution in [3.05, 3.63) is 29.8 Å². The fraction of sp³-hybridized carbons (Fsp3) is 0.632. The van der Waals surface area contributed by atoms with Gasteiger partial charge in [0.25, 0.3) is 0 Å². The second-order valence-corrected chi connectivity index (χ2v) is 7.53. The van der Waals surface area contributed by atoms with Crippen LogP contribution < -0.4 is 10.2 Å². The summed E-state index contributed by atoms with van der Waals surface area (Å²) in [6.45, 7) is 14.2. The number of nitrogens with one attached hydrogen (secondary N) is 1. The molecule has 1 N–H and O–H groups in total. The molecule has 0 aliphatic carbocycles. The van der Waals surface area contributed by atoms with Crippen LogP contribution in [0.5, 0.6) is 0 Å². The van der Waals surface area contributed by atoms with Crippen molar-refractivity contribution in [3.63, 3.8) is 0 Å². The molecule has 1 aromatic rings. The van der Waals surface area contributed by atoms with E-state index in [1.807, 2.05) is 11.8 Å². The zero-order valence-corrected chi connectivity index (χ0v) is 15.2. The Balaban J connectivity index is 1.90. The molecule has 1 fully saturated rings. The third-order valence-electron chi connectivity index (χ3n) is 4.65.